The molecule has 0 aliphatic heterocycles. The smallest absolute Gasteiger partial charge is 0.251 e. The SMILES string of the molecule is CSC1(CNC(=O)c2ccc(Br)c(O)c2)CC1. The van der Waals surface area contributed by atoms with Crippen LogP contribution in [0.25, 0.3) is 0 Å². The average Bonchev–Trinajstić information content (AvgIpc) is 3.10. The van der Waals surface area contributed by atoms with Crippen molar-refractivity contribution >= 4 is 33.6 Å². The van der Waals surface area contributed by atoms with Crippen LogP contribution in [-0.2, 0) is 0 Å². The summed E-state index contributed by atoms with van der Waals surface area (Å²) in [6, 6.07) is 4.83. The van der Waals surface area contributed by atoms with Gasteiger partial charge in [0.25, 0.3) is 5.91 Å². The Morgan fingerprint density at radius 2 is 2.29 bits per heavy atom. The van der Waals surface area contributed by atoms with Crippen LogP contribution in [0, 0.1) is 0 Å². The molecule has 2 rings (SSSR count). The minimum absolute atomic E-state index is 0.0867. The Hall–Kier alpha value is -0.680. The molecule has 0 heterocycles. The number of halogens is 1. The number of thioether (sulfide) groups is 1. The quantitative estimate of drug-likeness (QED) is 0.898. The van der Waals surface area contributed by atoms with E-state index < -0.39 is 0 Å². The molecule has 1 aliphatic carbocycles. The third-order valence-corrected chi connectivity index (χ3v) is 5.11. The summed E-state index contributed by atoms with van der Waals surface area (Å²) in [6.07, 6.45) is 4.41. The van der Waals surface area contributed by atoms with Crippen molar-refractivity contribution in [3.8, 4) is 5.75 Å². The Bertz CT molecular complexity index is 446. The van der Waals surface area contributed by atoms with Crippen LogP contribution in [-0.4, -0.2) is 28.6 Å². The van der Waals surface area contributed by atoms with Gasteiger partial charge in [-0.25, -0.2) is 0 Å². The molecular formula is C12H14BrNO2S. The molecule has 0 saturated heterocycles. The second kappa shape index (κ2) is 4.90. The third kappa shape index (κ3) is 2.96. The van der Waals surface area contributed by atoms with Gasteiger partial charge in [0.15, 0.2) is 0 Å². The largest absolute Gasteiger partial charge is 0.507 e. The van der Waals surface area contributed by atoms with Crippen molar-refractivity contribution in [3.05, 3.63) is 28.2 Å². The summed E-state index contributed by atoms with van der Waals surface area (Å²) < 4.78 is 0.851. The number of amides is 1. The Kier molecular flexibility index (Phi) is 3.68. The number of hydrogen-bond donors (Lipinski definition) is 2. The highest BCUT2D eigenvalue weighted by molar-refractivity contribution is 9.10. The molecule has 0 aromatic heterocycles. The van der Waals surface area contributed by atoms with Crippen LogP contribution in [0.5, 0.6) is 5.75 Å². The van der Waals surface area contributed by atoms with Gasteiger partial charge in [-0.05, 0) is 53.2 Å². The second-order valence-electron chi connectivity index (χ2n) is 4.24. The molecule has 1 aromatic carbocycles. The Morgan fingerprint density at radius 3 is 2.82 bits per heavy atom. The second-order valence-corrected chi connectivity index (χ2v) is 6.36. The highest BCUT2D eigenvalue weighted by Crippen LogP contribution is 2.46. The third-order valence-electron chi connectivity index (χ3n) is 3.02. The van der Waals surface area contributed by atoms with Crippen molar-refractivity contribution in [2.24, 2.45) is 0 Å². The average molecular weight is 316 g/mol. The molecule has 1 saturated carbocycles. The van der Waals surface area contributed by atoms with Gasteiger partial charge in [0.2, 0.25) is 0 Å². The van der Waals surface area contributed by atoms with Crippen molar-refractivity contribution < 1.29 is 9.90 Å². The lowest BCUT2D eigenvalue weighted by Crippen LogP contribution is -2.31. The van der Waals surface area contributed by atoms with E-state index >= 15 is 0 Å². The normalized spacial score (nSPS) is 16.6. The first kappa shape index (κ1) is 12.8. The van der Waals surface area contributed by atoms with E-state index in [1.807, 2.05) is 11.8 Å². The van der Waals surface area contributed by atoms with Crippen LogP contribution in [0.15, 0.2) is 22.7 Å². The number of aromatic hydroxyl groups is 1. The van der Waals surface area contributed by atoms with Gasteiger partial charge in [-0.1, -0.05) is 0 Å². The first-order valence-electron chi connectivity index (χ1n) is 5.38. The standard InChI is InChI=1S/C12H14BrNO2S/c1-17-12(4-5-12)7-14-11(16)8-2-3-9(13)10(15)6-8/h2-3,6,15H,4-5,7H2,1H3,(H,14,16). The number of benzene rings is 1. The molecular weight excluding hydrogens is 302 g/mol. The predicted molar refractivity (Wildman–Crippen MR) is 73.6 cm³/mol. The number of rotatable bonds is 4. The van der Waals surface area contributed by atoms with E-state index in [0.717, 1.165) is 0 Å². The molecule has 0 atom stereocenters. The molecule has 1 fully saturated rings. The van der Waals surface area contributed by atoms with E-state index in [9.17, 15) is 9.90 Å². The molecule has 1 amide bonds. The Labute approximate surface area is 113 Å². The van der Waals surface area contributed by atoms with Crippen molar-refractivity contribution in [1.82, 2.24) is 5.32 Å². The topological polar surface area (TPSA) is 49.3 Å². The summed E-state index contributed by atoms with van der Waals surface area (Å²) in [5.41, 5.74) is 0.489. The Balaban J connectivity index is 1.97. The molecule has 1 aromatic rings. The summed E-state index contributed by atoms with van der Waals surface area (Å²) in [7, 11) is 0. The Morgan fingerprint density at radius 1 is 1.59 bits per heavy atom. The molecule has 0 spiro atoms. The fourth-order valence-electron chi connectivity index (χ4n) is 1.59. The molecule has 0 radical (unpaired) electrons. The van der Waals surface area contributed by atoms with E-state index in [4.69, 9.17) is 0 Å². The van der Waals surface area contributed by atoms with Gasteiger partial charge in [-0.3, -0.25) is 4.79 Å². The summed E-state index contributed by atoms with van der Waals surface area (Å²) in [5, 5.41) is 12.4. The number of carbonyl (C=O) groups is 1. The lowest BCUT2D eigenvalue weighted by molar-refractivity contribution is 0.0952. The monoisotopic (exact) mass is 315 g/mol. The van der Waals surface area contributed by atoms with Gasteiger partial charge in [0, 0.05) is 16.9 Å². The number of hydrogen-bond acceptors (Lipinski definition) is 3. The molecule has 3 nitrogen and oxygen atoms in total. The first-order valence-corrected chi connectivity index (χ1v) is 7.40. The molecule has 2 N–H and O–H groups in total. The fraction of sp³-hybridized carbons (Fsp3) is 0.417. The van der Waals surface area contributed by atoms with Crippen LogP contribution in [0.3, 0.4) is 0 Å². The highest BCUT2D eigenvalue weighted by Gasteiger charge is 2.41. The zero-order chi connectivity index (χ0) is 12.5. The van der Waals surface area contributed by atoms with Crippen LogP contribution >= 0.6 is 27.7 Å². The summed E-state index contributed by atoms with van der Waals surface area (Å²) in [4.78, 5) is 11.9. The maximum absolute atomic E-state index is 11.9. The van der Waals surface area contributed by atoms with Crippen LogP contribution in [0.1, 0.15) is 23.2 Å². The molecule has 92 valence electrons. The van der Waals surface area contributed by atoms with Crippen molar-refractivity contribution in [3.63, 3.8) is 0 Å². The van der Waals surface area contributed by atoms with E-state index in [0.29, 0.717) is 16.6 Å². The van der Waals surface area contributed by atoms with Gasteiger partial charge in [0.05, 0.1) is 4.47 Å². The molecule has 5 heteroatoms. The number of phenolic OH excluding ortho intramolecular Hbond substituents is 1. The van der Waals surface area contributed by atoms with Crippen LogP contribution in [0.2, 0.25) is 0 Å². The van der Waals surface area contributed by atoms with Gasteiger partial charge in [-0.15, -0.1) is 0 Å². The van der Waals surface area contributed by atoms with E-state index in [-0.39, 0.29) is 16.4 Å². The van der Waals surface area contributed by atoms with E-state index in [1.165, 1.54) is 18.9 Å². The summed E-state index contributed by atoms with van der Waals surface area (Å²) in [5.74, 6) is -0.0447. The number of nitrogens with one attached hydrogen (secondary N) is 1. The van der Waals surface area contributed by atoms with Gasteiger partial charge in [-0.2, -0.15) is 11.8 Å². The zero-order valence-corrected chi connectivity index (χ0v) is 11.9. The summed E-state index contributed by atoms with van der Waals surface area (Å²) >= 11 is 4.99. The van der Waals surface area contributed by atoms with E-state index in [2.05, 4.69) is 27.5 Å². The first-order chi connectivity index (χ1) is 8.06. The summed E-state index contributed by atoms with van der Waals surface area (Å²) in [6.45, 7) is 0.698. The van der Waals surface area contributed by atoms with Gasteiger partial charge in [0.1, 0.15) is 5.75 Å². The maximum atomic E-state index is 11.9. The fourth-order valence-corrected chi connectivity index (χ4v) is 2.56. The number of carbonyl (C=O) groups excluding carboxylic acids is 1. The molecule has 17 heavy (non-hydrogen) atoms. The lowest BCUT2D eigenvalue weighted by atomic mass is 10.2. The highest BCUT2D eigenvalue weighted by atomic mass is 79.9. The number of phenols is 1. The van der Waals surface area contributed by atoms with Crippen molar-refractivity contribution in [2.45, 2.75) is 17.6 Å². The van der Waals surface area contributed by atoms with Crippen molar-refractivity contribution in [2.75, 3.05) is 12.8 Å². The molecule has 1 aliphatic rings. The minimum Gasteiger partial charge on any atom is -0.507 e. The minimum atomic E-state index is -0.131. The zero-order valence-electron chi connectivity index (χ0n) is 9.50. The van der Waals surface area contributed by atoms with Crippen LogP contribution in [0.4, 0.5) is 0 Å². The molecule has 0 unspecified atom stereocenters. The molecule has 0 bridgehead atoms. The predicted octanol–water partition coefficient (Wildman–Crippen LogP) is 2.78. The van der Waals surface area contributed by atoms with E-state index in [1.54, 1.807) is 12.1 Å². The van der Waals surface area contributed by atoms with Gasteiger partial charge < -0.3 is 10.4 Å². The van der Waals surface area contributed by atoms with Crippen LogP contribution < -0.4 is 5.32 Å². The lowest BCUT2D eigenvalue weighted by Gasteiger charge is -2.13. The van der Waals surface area contributed by atoms with Gasteiger partial charge >= 0.3 is 0 Å². The maximum Gasteiger partial charge on any atom is 0.251 e. The van der Waals surface area contributed by atoms with Crippen molar-refractivity contribution in [1.29, 1.82) is 0 Å².